The summed E-state index contributed by atoms with van der Waals surface area (Å²) >= 11 is 0. The van der Waals surface area contributed by atoms with Crippen molar-refractivity contribution in [3.05, 3.63) is 48.0 Å². The van der Waals surface area contributed by atoms with E-state index in [9.17, 15) is 9.59 Å². The number of nitrogens with one attached hydrogen (secondary N) is 2. The molecule has 0 aliphatic carbocycles. The van der Waals surface area contributed by atoms with Crippen LogP contribution in [0.3, 0.4) is 0 Å². The summed E-state index contributed by atoms with van der Waals surface area (Å²) in [6.07, 6.45) is 0. The molecule has 0 aromatic heterocycles. The molecule has 0 bridgehead atoms. The third-order valence-electron chi connectivity index (χ3n) is 3.45. The molecule has 0 spiro atoms. The Morgan fingerprint density at radius 1 is 0.960 bits per heavy atom. The van der Waals surface area contributed by atoms with Crippen LogP contribution in [0.4, 0.5) is 11.4 Å². The molecule has 25 heavy (non-hydrogen) atoms. The van der Waals surface area contributed by atoms with Crippen LogP contribution in [-0.4, -0.2) is 39.8 Å². The zero-order valence-electron chi connectivity index (χ0n) is 14.3. The van der Waals surface area contributed by atoms with Gasteiger partial charge in [0, 0.05) is 6.07 Å². The van der Waals surface area contributed by atoms with Gasteiger partial charge < -0.3 is 24.8 Å². The predicted octanol–water partition coefficient (Wildman–Crippen LogP) is 2.54. The summed E-state index contributed by atoms with van der Waals surface area (Å²) in [5.41, 5.74) is 1.30. The van der Waals surface area contributed by atoms with Crippen molar-refractivity contribution in [2.24, 2.45) is 0 Å². The Labute approximate surface area is 145 Å². The number of amides is 1. The standard InChI is InChI=1S/C18H20N2O5/c1-23-12-8-9-16(24-2)15(10-12)19-11-17(21)20-14-7-5-4-6-13(14)18(22)25-3/h4-10,19H,11H2,1-3H3,(H,20,21). The van der Waals surface area contributed by atoms with Crippen molar-refractivity contribution in [3.63, 3.8) is 0 Å². The average molecular weight is 344 g/mol. The monoisotopic (exact) mass is 344 g/mol. The van der Waals surface area contributed by atoms with Gasteiger partial charge >= 0.3 is 5.97 Å². The van der Waals surface area contributed by atoms with Crippen LogP contribution in [-0.2, 0) is 9.53 Å². The number of anilines is 2. The Morgan fingerprint density at radius 2 is 1.72 bits per heavy atom. The second kappa shape index (κ2) is 8.58. The van der Waals surface area contributed by atoms with Gasteiger partial charge in [-0.1, -0.05) is 12.1 Å². The minimum atomic E-state index is -0.515. The van der Waals surface area contributed by atoms with E-state index in [1.807, 2.05) is 0 Å². The third kappa shape index (κ3) is 4.63. The van der Waals surface area contributed by atoms with Gasteiger partial charge in [-0.2, -0.15) is 0 Å². The first-order chi connectivity index (χ1) is 12.1. The van der Waals surface area contributed by atoms with Crippen LogP contribution in [0.5, 0.6) is 11.5 Å². The molecule has 132 valence electrons. The maximum atomic E-state index is 12.2. The largest absolute Gasteiger partial charge is 0.497 e. The fourth-order valence-corrected chi connectivity index (χ4v) is 2.20. The van der Waals surface area contributed by atoms with E-state index in [0.717, 1.165) is 0 Å². The first-order valence-electron chi connectivity index (χ1n) is 7.52. The number of methoxy groups -OCH3 is 3. The Hall–Kier alpha value is -3.22. The van der Waals surface area contributed by atoms with E-state index in [2.05, 4.69) is 10.6 Å². The fourth-order valence-electron chi connectivity index (χ4n) is 2.20. The summed E-state index contributed by atoms with van der Waals surface area (Å²) in [7, 11) is 4.39. The lowest BCUT2D eigenvalue weighted by Crippen LogP contribution is -2.23. The normalized spacial score (nSPS) is 9.88. The molecule has 0 saturated carbocycles. The quantitative estimate of drug-likeness (QED) is 0.751. The number of carbonyl (C=O) groups excluding carboxylic acids is 2. The highest BCUT2D eigenvalue weighted by Crippen LogP contribution is 2.28. The molecule has 0 heterocycles. The molecule has 2 rings (SSSR count). The fraction of sp³-hybridized carbons (Fsp3) is 0.222. The van der Waals surface area contributed by atoms with E-state index >= 15 is 0 Å². The van der Waals surface area contributed by atoms with Crippen molar-refractivity contribution in [1.82, 2.24) is 0 Å². The van der Waals surface area contributed by atoms with Gasteiger partial charge in [0.2, 0.25) is 5.91 Å². The van der Waals surface area contributed by atoms with Crippen molar-refractivity contribution in [1.29, 1.82) is 0 Å². The van der Waals surface area contributed by atoms with Gasteiger partial charge in [0.15, 0.2) is 0 Å². The third-order valence-corrected chi connectivity index (χ3v) is 3.45. The number of carbonyl (C=O) groups is 2. The minimum Gasteiger partial charge on any atom is -0.497 e. The van der Waals surface area contributed by atoms with Crippen molar-refractivity contribution >= 4 is 23.3 Å². The number of hydrogen-bond donors (Lipinski definition) is 2. The molecular weight excluding hydrogens is 324 g/mol. The Bertz CT molecular complexity index is 761. The molecule has 7 nitrogen and oxygen atoms in total. The summed E-state index contributed by atoms with van der Waals surface area (Å²) in [4.78, 5) is 23.9. The summed E-state index contributed by atoms with van der Waals surface area (Å²) in [6.45, 7) is -0.0148. The highest BCUT2D eigenvalue weighted by Gasteiger charge is 2.13. The van der Waals surface area contributed by atoms with Crippen LogP contribution >= 0.6 is 0 Å². The van der Waals surface area contributed by atoms with Gasteiger partial charge in [0.05, 0.1) is 44.8 Å². The van der Waals surface area contributed by atoms with Crippen molar-refractivity contribution in [3.8, 4) is 11.5 Å². The molecule has 2 aromatic carbocycles. The molecule has 7 heteroatoms. The first-order valence-corrected chi connectivity index (χ1v) is 7.52. The first kappa shape index (κ1) is 18.1. The van der Waals surface area contributed by atoms with Crippen LogP contribution < -0.4 is 20.1 Å². The van der Waals surface area contributed by atoms with Crippen molar-refractivity contribution in [2.45, 2.75) is 0 Å². The van der Waals surface area contributed by atoms with E-state index in [1.165, 1.54) is 7.11 Å². The van der Waals surface area contributed by atoms with E-state index in [4.69, 9.17) is 14.2 Å². The summed E-state index contributed by atoms with van der Waals surface area (Å²) in [5, 5.41) is 5.68. The summed E-state index contributed by atoms with van der Waals surface area (Å²) in [6, 6.07) is 11.9. The number of esters is 1. The van der Waals surface area contributed by atoms with E-state index in [1.54, 1.807) is 56.7 Å². The molecule has 2 N–H and O–H groups in total. The second-order valence-electron chi connectivity index (χ2n) is 5.01. The Morgan fingerprint density at radius 3 is 2.40 bits per heavy atom. The zero-order valence-corrected chi connectivity index (χ0v) is 14.3. The lowest BCUT2D eigenvalue weighted by atomic mass is 10.2. The Kier molecular flexibility index (Phi) is 6.22. The van der Waals surface area contributed by atoms with E-state index < -0.39 is 5.97 Å². The molecule has 0 aliphatic rings. The van der Waals surface area contributed by atoms with Gasteiger partial charge in [0.1, 0.15) is 11.5 Å². The number of ether oxygens (including phenoxy) is 3. The molecule has 1 amide bonds. The molecule has 0 atom stereocenters. The van der Waals surface area contributed by atoms with Gasteiger partial charge in [-0.3, -0.25) is 4.79 Å². The second-order valence-corrected chi connectivity index (χ2v) is 5.01. The van der Waals surface area contributed by atoms with Crippen molar-refractivity contribution < 1.29 is 23.8 Å². The average Bonchev–Trinajstić information content (AvgIpc) is 2.65. The predicted molar refractivity (Wildman–Crippen MR) is 94.4 cm³/mol. The van der Waals surface area contributed by atoms with Crippen LogP contribution in [0.15, 0.2) is 42.5 Å². The lowest BCUT2D eigenvalue weighted by molar-refractivity contribution is -0.114. The zero-order chi connectivity index (χ0) is 18.2. The number of para-hydroxylation sites is 1. The highest BCUT2D eigenvalue weighted by molar-refractivity contribution is 6.02. The van der Waals surface area contributed by atoms with Crippen LogP contribution in [0.2, 0.25) is 0 Å². The molecule has 0 unspecified atom stereocenters. The van der Waals surface area contributed by atoms with Gasteiger partial charge in [-0.25, -0.2) is 4.79 Å². The summed E-state index contributed by atoms with van der Waals surface area (Å²) in [5.74, 6) is 0.392. The highest BCUT2D eigenvalue weighted by atomic mass is 16.5. The Balaban J connectivity index is 2.06. The van der Waals surface area contributed by atoms with Gasteiger partial charge in [-0.15, -0.1) is 0 Å². The van der Waals surface area contributed by atoms with E-state index in [-0.39, 0.29) is 18.0 Å². The maximum Gasteiger partial charge on any atom is 0.339 e. The number of rotatable bonds is 7. The van der Waals surface area contributed by atoms with Gasteiger partial charge in [0.25, 0.3) is 0 Å². The maximum absolute atomic E-state index is 12.2. The van der Waals surface area contributed by atoms with Crippen LogP contribution in [0.1, 0.15) is 10.4 Å². The topological polar surface area (TPSA) is 85.9 Å². The molecule has 0 saturated heterocycles. The SMILES string of the molecule is COC(=O)c1ccccc1NC(=O)CNc1cc(OC)ccc1OC. The summed E-state index contributed by atoms with van der Waals surface area (Å²) < 4.78 is 15.1. The number of hydrogen-bond acceptors (Lipinski definition) is 6. The minimum absolute atomic E-state index is 0.0148. The van der Waals surface area contributed by atoms with E-state index in [0.29, 0.717) is 22.9 Å². The molecule has 0 radical (unpaired) electrons. The molecular formula is C18H20N2O5. The van der Waals surface area contributed by atoms with Crippen LogP contribution in [0, 0.1) is 0 Å². The lowest BCUT2D eigenvalue weighted by Gasteiger charge is -2.13. The van der Waals surface area contributed by atoms with Gasteiger partial charge in [-0.05, 0) is 24.3 Å². The molecule has 0 fully saturated rings. The van der Waals surface area contributed by atoms with Crippen LogP contribution in [0.25, 0.3) is 0 Å². The molecule has 2 aromatic rings. The van der Waals surface area contributed by atoms with Crippen molar-refractivity contribution in [2.75, 3.05) is 38.5 Å². The number of benzene rings is 2. The molecule has 0 aliphatic heterocycles. The smallest absolute Gasteiger partial charge is 0.339 e.